The lowest BCUT2D eigenvalue weighted by molar-refractivity contribution is -0.135. The van der Waals surface area contributed by atoms with Crippen molar-refractivity contribution in [2.45, 2.75) is 26.9 Å². The maximum Gasteiger partial charge on any atom is 0.371 e. The number of benzene rings is 2. The second kappa shape index (κ2) is 14.1. The molecule has 0 aliphatic carbocycles. The Balaban J connectivity index is 2.27. The van der Waals surface area contributed by atoms with Crippen molar-refractivity contribution in [2.24, 2.45) is 4.99 Å². The summed E-state index contributed by atoms with van der Waals surface area (Å²) >= 11 is 0. The lowest BCUT2D eigenvalue weighted by Crippen LogP contribution is -2.25. The van der Waals surface area contributed by atoms with Crippen LogP contribution in [0.15, 0.2) is 95.1 Å². The van der Waals surface area contributed by atoms with Crippen LogP contribution >= 0.6 is 0 Å². The lowest BCUT2D eigenvalue weighted by atomic mass is 10.0. The molecule has 2 rings (SSSR count). The van der Waals surface area contributed by atoms with Gasteiger partial charge in [-0.1, -0.05) is 42.5 Å². The summed E-state index contributed by atoms with van der Waals surface area (Å²) in [5, 5.41) is 11.8. The van der Waals surface area contributed by atoms with Gasteiger partial charge in [0.05, 0.1) is 13.1 Å². The fourth-order valence-corrected chi connectivity index (χ4v) is 2.87. The number of halogens is 1. The minimum absolute atomic E-state index is 0.0782. The van der Waals surface area contributed by atoms with Crippen molar-refractivity contribution in [3.8, 4) is 0 Å². The molecular weight excluding hydrogens is 451 g/mol. The Kier molecular flexibility index (Phi) is 10.9. The molecule has 2 N–H and O–H groups in total. The Labute approximate surface area is 204 Å². The molecule has 7 nitrogen and oxygen atoms in total. The van der Waals surface area contributed by atoms with Crippen LogP contribution in [-0.2, 0) is 32.1 Å². The molecule has 0 radical (unpaired) electrons. The van der Waals surface area contributed by atoms with Gasteiger partial charge < -0.3 is 19.9 Å². The highest BCUT2D eigenvalue weighted by molar-refractivity contribution is 5.85. The number of carboxylic acid groups (broad SMARTS) is 1. The Morgan fingerprint density at radius 2 is 1.80 bits per heavy atom. The highest BCUT2D eigenvalue weighted by atomic mass is 19.1. The Bertz CT molecular complexity index is 1110. The van der Waals surface area contributed by atoms with Gasteiger partial charge in [-0.25, -0.2) is 9.18 Å². The molecule has 0 saturated carbocycles. The van der Waals surface area contributed by atoms with E-state index in [2.05, 4.69) is 16.9 Å². The number of nitrogens with one attached hydrogen (secondary N) is 1. The number of nitrogens with zero attached hydrogens (tertiary/aromatic N) is 1. The first-order chi connectivity index (χ1) is 16.8. The topological polar surface area (TPSA) is 97.2 Å². The predicted octanol–water partition coefficient (Wildman–Crippen LogP) is 4.56. The first-order valence-corrected chi connectivity index (χ1v) is 10.9. The Hall–Kier alpha value is -4.20. The fourth-order valence-electron chi connectivity index (χ4n) is 2.87. The molecular formula is C27H29FN2O5. The molecule has 0 heterocycles. The number of carbonyl (C=O) groups is 2. The molecule has 2 aromatic rings. The maximum absolute atomic E-state index is 13.4. The molecule has 2 aromatic carbocycles. The van der Waals surface area contributed by atoms with E-state index >= 15 is 0 Å². The number of allylic oxidation sites excluding steroid dienone is 2. The number of carbonyl (C=O) groups excluding carboxylic acids is 1. The molecule has 35 heavy (non-hydrogen) atoms. The van der Waals surface area contributed by atoms with Gasteiger partial charge in [-0.15, -0.1) is 0 Å². The van der Waals surface area contributed by atoms with E-state index in [-0.39, 0.29) is 37.0 Å². The third-order valence-electron chi connectivity index (χ3n) is 4.73. The Morgan fingerprint density at radius 1 is 1.11 bits per heavy atom. The second-order valence-electron chi connectivity index (χ2n) is 7.49. The van der Waals surface area contributed by atoms with Crippen LogP contribution in [0.2, 0.25) is 0 Å². The summed E-state index contributed by atoms with van der Waals surface area (Å²) in [6.45, 7) is 7.12. The number of hydrogen-bond donors (Lipinski definition) is 2. The van der Waals surface area contributed by atoms with Crippen molar-refractivity contribution in [2.75, 3.05) is 13.1 Å². The van der Waals surface area contributed by atoms with E-state index in [9.17, 15) is 19.1 Å². The molecule has 0 fully saturated rings. The normalized spacial score (nSPS) is 12.1. The Morgan fingerprint density at radius 3 is 2.40 bits per heavy atom. The van der Waals surface area contributed by atoms with Crippen LogP contribution in [0.3, 0.4) is 0 Å². The van der Waals surface area contributed by atoms with Crippen molar-refractivity contribution < 1.29 is 28.6 Å². The van der Waals surface area contributed by atoms with E-state index in [1.165, 1.54) is 25.3 Å². The van der Waals surface area contributed by atoms with E-state index in [1.54, 1.807) is 12.1 Å². The van der Waals surface area contributed by atoms with Crippen molar-refractivity contribution >= 4 is 18.1 Å². The number of amides is 1. The van der Waals surface area contributed by atoms with Gasteiger partial charge >= 0.3 is 5.97 Å². The van der Waals surface area contributed by atoms with Crippen LogP contribution in [0, 0.1) is 5.82 Å². The number of carboxylic acids is 1. The minimum atomic E-state index is -1.34. The summed E-state index contributed by atoms with van der Waals surface area (Å²) in [4.78, 5) is 27.2. The summed E-state index contributed by atoms with van der Waals surface area (Å²) in [6.07, 6.45) is 3.59. The third-order valence-corrected chi connectivity index (χ3v) is 4.73. The molecule has 1 amide bonds. The van der Waals surface area contributed by atoms with E-state index in [0.29, 0.717) is 17.9 Å². The average molecular weight is 481 g/mol. The van der Waals surface area contributed by atoms with Crippen molar-refractivity contribution in [1.29, 1.82) is 0 Å². The van der Waals surface area contributed by atoms with Crippen molar-refractivity contribution in [3.63, 3.8) is 0 Å². The van der Waals surface area contributed by atoms with E-state index < -0.39 is 11.7 Å². The fraction of sp³-hybridized carbons (Fsp3) is 0.222. The predicted molar refractivity (Wildman–Crippen MR) is 132 cm³/mol. The maximum atomic E-state index is 13.4. The highest BCUT2D eigenvalue weighted by Gasteiger charge is 2.15. The van der Waals surface area contributed by atoms with Gasteiger partial charge in [-0.2, -0.15) is 0 Å². The highest BCUT2D eigenvalue weighted by Crippen LogP contribution is 2.16. The van der Waals surface area contributed by atoms with Gasteiger partial charge in [0.2, 0.25) is 11.7 Å². The van der Waals surface area contributed by atoms with Gasteiger partial charge in [0.15, 0.2) is 0 Å². The molecule has 8 heteroatoms. The smallest absolute Gasteiger partial charge is 0.371 e. The van der Waals surface area contributed by atoms with Crippen molar-refractivity contribution in [3.05, 3.63) is 107 Å². The summed E-state index contributed by atoms with van der Waals surface area (Å²) < 4.78 is 24.7. The standard InChI is InChI=1S/C27H29FN2O5/c1-4-25(34-18-22-8-6-5-7-9-22)16-29-15-23(14-21-10-12-24(28)13-11-21)26(17-30-20(3)31)35-19(2)27(32)33/h4-13,15H,2,14,16-18H2,1,3H3,(H,30,31)(H,32,33)/b25-4-,26-23+,29-15?. The van der Waals surface area contributed by atoms with Crippen LogP contribution in [0.5, 0.6) is 0 Å². The number of rotatable bonds is 13. The first-order valence-electron chi connectivity index (χ1n) is 10.9. The number of aliphatic imine (C=N–C) groups is 1. The van der Waals surface area contributed by atoms with Gasteiger partial charge in [0.1, 0.15) is 23.9 Å². The first kappa shape index (κ1) is 27.0. The monoisotopic (exact) mass is 480 g/mol. The average Bonchev–Trinajstić information content (AvgIpc) is 2.84. The number of hydrogen-bond acceptors (Lipinski definition) is 5. The molecule has 0 aromatic heterocycles. The molecule has 0 aliphatic rings. The molecule has 0 saturated heterocycles. The number of ether oxygens (including phenoxy) is 2. The van der Waals surface area contributed by atoms with E-state index in [4.69, 9.17) is 9.47 Å². The van der Waals surface area contributed by atoms with Crippen LogP contribution < -0.4 is 5.32 Å². The van der Waals surface area contributed by atoms with E-state index in [0.717, 1.165) is 11.1 Å². The van der Waals surface area contributed by atoms with Gasteiger partial charge in [0, 0.05) is 25.1 Å². The van der Waals surface area contributed by atoms with Gasteiger partial charge in [0.25, 0.3) is 0 Å². The zero-order valence-corrected chi connectivity index (χ0v) is 19.8. The van der Waals surface area contributed by atoms with Crippen LogP contribution in [-0.4, -0.2) is 36.3 Å². The van der Waals surface area contributed by atoms with Gasteiger partial charge in [-0.3, -0.25) is 9.79 Å². The zero-order valence-electron chi connectivity index (χ0n) is 19.8. The third kappa shape index (κ3) is 10.1. The summed E-state index contributed by atoms with van der Waals surface area (Å²) in [6, 6.07) is 15.6. The second-order valence-corrected chi connectivity index (χ2v) is 7.49. The van der Waals surface area contributed by atoms with Crippen LogP contribution in [0.4, 0.5) is 4.39 Å². The van der Waals surface area contributed by atoms with Crippen molar-refractivity contribution in [1.82, 2.24) is 5.32 Å². The SMILES string of the molecule is C=C(O/C(CNC(C)=O)=C(/C=NC/C(=C/C)OCc1ccccc1)Cc1ccc(F)cc1)C(=O)O. The zero-order chi connectivity index (χ0) is 25.6. The lowest BCUT2D eigenvalue weighted by Gasteiger charge is -2.15. The van der Waals surface area contributed by atoms with Crippen LogP contribution in [0.1, 0.15) is 25.0 Å². The quantitative estimate of drug-likeness (QED) is 0.249. The number of aliphatic carboxylic acids is 1. The summed E-state index contributed by atoms with van der Waals surface area (Å²) in [5.74, 6) is -1.74. The molecule has 0 bridgehead atoms. The molecule has 184 valence electrons. The molecule has 0 atom stereocenters. The minimum Gasteiger partial charge on any atom is -0.492 e. The van der Waals surface area contributed by atoms with Gasteiger partial charge in [-0.05, 0) is 42.8 Å². The van der Waals surface area contributed by atoms with E-state index in [1.807, 2.05) is 43.3 Å². The summed E-state index contributed by atoms with van der Waals surface area (Å²) in [7, 11) is 0. The molecule has 0 unspecified atom stereocenters. The summed E-state index contributed by atoms with van der Waals surface area (Å²) in [5.41, 5.74) is 2.25. The largest absolute Gasteiger partial charge is 0.492 e. The molecule has 0 aliphatic heterocycles. The molecule has 0 spiro atoms. The van der Waals surface area contributed by atoms with Crippen LogP contribution in [0.25, 0.3) is 0 Å².